The predicted octanol–water partition coefficient (Wildman–Crippen LogP) is 5.01. The summed E-state index contributed by atoms with van der Waals surface area (Å²) in [6.45, 7) is 0. The fraction of sp³-hybridized carbons (Fsp3) is 0. The molecule has 6 heteroatoms. The summed E-state index contributed by atoms with van der Waals surface area (Å²) in [7, 11) is 0. The van der Waals surface area contributed by atoms with Gasteiger partial charge >= 0.3 is 0 Å². The van der Waals surface area contributed by atoms with E-state index < -0.39 is 11.6 Å². The van der Waals surface area contributed by atoms with Crippen LogP contribution in [0.5, 0.6) is 0 Å². The fourth-order valence-corrected chi connectivity index (χ4v) is 2.63. The average Bonchev–Trinajstić information content (AvgIpc) is 2.30. The summed E-state index contributed by atoms with van der Waals surface area (Å²) in [4.78, 5) is 0.661. The van der Waals surface area contributed by atoms with E-state index in [1.54, 1.807) is 0 Å². The zero-order valence-corrected chi connectivity index (χ0v) is 11.2. The van der Waals surface area contributed by atoms with Crippen LogP contribution in [0.2, 0.25) is 10.0 Å². The number of nitrogens with two attached hydrogens (primary N) is 1. The maximum atomic E-state index is 13.5. The molecule has 18 heavy (non-hydrogen) atoms. The lowest BCUT2D eigenvalue weighted by molar-refractivity contribution is 0.577. The first-order valence-electron chi connectivity index (χ1n) is 4.85. The van der Waals surface area contributed by atoms with E-state index >= 15 is 0 Å². The molecule has 0 unspecified atom stereocenters. The van der Waals surface area contributed by atoms with E-state index in [0.29, 0.717) is 20.6 Å². The van der Waals surface area contributed by atoms with E-state index in [4.69, 9.17) is 28.9 Å². The van der Waals surface area contributed by atoms with Gasteiger partial charge in [-0.3, -0.25) is 0 Å². The first-order chi connectivity index (χ1) is 8.47. The molecule has 0 atom stereocenters. The Kier molecular flexibility index (Phi) is 4.00. The lowest BCUT2D eigenvalue weighted by atomic mass is 10.3. The van der Waals surface area contributed by atoms with Crippen molar-refractivity contribution in [2.45, 2.75) is 9.79 Å². The van der Waals surface area contributed by atoms with Gasteiger partial charge in [0, 0.05) is 10.6 Å². The van der Waals surface area contributed by atoms with Crippen molar-refractivity contribution in [1.29, 1.82) is 0 Å². The van der Waals surface area contributed by atoms with Gasteiger partial charge in [0.15, 0.2) is 0 Å². The summed E-state index contributed by atoms with van der Waals surface area (Å²) >= 11 is 12.6. The number of anilines is 1. The van der Waals surface area contributed by atoms with Crippen LogP contribution in [0.15, 0.2) is 40.1 Å². The molecule has 0 aliphatic rings. The van der Waals surface area contributed by atoms with Gasteiger partial charge in [-0.2, -0.15) is 0 Å². The Morgan fingerprint density at radius 3 is 2.33 bits per heavy atom. The third kappa shape index (κ3) is 2.88. The molecule has 2 N–H and O–H groups in total. The van der Waals surface area contributed by atoms with E-state index in [1.165, 1.54) is 12.1 Å². The topological polar surface area (TPSA) is 26.0 Å². The fourth-order valence-electron chi connectivity index (χ4n) is 1.31. The zero-order valence-electron chi connectivity index (χ0n) is 8.88. The second kappa shape index (κ2) is 5.34. The molecule has 2 rings (SSSR count). The molecule has 2 aromatic carbocycles. The Labute approximate surface area is 117 Å². The number of halogens is 4. The van der Waals surface area contributed by atoms with Crippen LogP contribution in [0.25, 0.3) is 0 Å². The van der Waals surface area contributed by atoms with Gasteiger partial charge in [0.2, 0.25) is 0 Å². The van der Waals surface area contributed by atoms with Crippen LogP contribution in [-0.4, -0.2) is 0 Å². The normalized spacial score (nSPS) is 10.7. The third-order valence-electron chi connectivity index (χ3n) is 2.17. The van der Waals surface area contributed by atoms with Crippen molar-refractivity contribution in [3.05, 3.63) is 52.0 Å². The second-order valence-corrected chi connectivity index (χ2v) is 5.38. The van der Waals surface area contributed by atoms with Gasteiger partial charge < -0.3 is 5.73 Å². The van der Waals surface area contributed by atoms with Crippen molar-refractivity contribution in [1.82, 2.24) is 0 Å². The Bertz CT molecular complexity index is 605. The van der Waals surface area contributed by atoms with Crippen LogP contribution in [0.3, 0.4) is 0 Å². The Morgan fingerprint density at radius 2 is 1.61 bits per heavy atom. The minimum Gasteiger partial charge on any atom is -0.398 e. The van der Waals surface area contributed by atoms with E-state index in [0.717, 1.165) is 30.0 Å². The van der Waals surface area contributed by atoms with Gasteiger partial charge in [0.1, 0.15) is 11.6 Å². The van der Waals surface area contributed by atoms with Crippen molar-refractivity contribution in [3.8, 4) is 0 Å². The minimum absolute atomic E-state index is 0.139. The monoisotopic (exact) mass is 305 g/mol. The lowest BCUT2D eigenvalue weighted by Crippen LogP contribution is -1.90. The highest BCUT2D eigenvalue weighted by Crippen LogP contribution is 2.38. The molecule has 2 aromatic rings. The minimum atomic E-state index is -0.521. The Balaban J connectivity index is 2.40. The maximum absolute atomic E-state index is 13.5. The summed E-state index contributed by atoms with van der Waals surface area (Å²) in [5, 5.41) is 0.628. The number of nitrogen functional groups attached to an aromatic ring is 1. The van der Waals surface area contributed by atoms with E-state index in [2.05, 4.69) is 0 Å². The molecule has 0 fully saturated rings. The van der Waals surface area contributed by atoms with Crippen molar-refractivity contribution in [2.75, 3.05) is 5.73 Å². The molecule has 0 bridgehead atoms. The molecular weight excluding hydrogens is 299 g/mol. The van der Waals surface area contributed by atoms with Gasteiger partial charge in [0.05, 0.1) is 14.9 Å². The van der Waals surface area contributed by atoms with E-state index in [1.807, 2.05) is 0 Å². The highest BCUT2D eigenvalue weighted by atomic mass is 35.5. The number of benzene rings is 2. The SMILES string of the molecule is Nc1cc(Cl)c(Cl)cc1Sc1cc(F)ccc1F. The number of hydrogen-bond acceptors (Lipinski definition) is 2. The molecular formula is C12H7Cl2F2NS. The lowest BCUT2D eigenvalue weighted by Gasteiger charge is -2.08. The molecule has 0 aliphatic heterocycles. The summed E-state index contributed by atoms with van der Waals surface area (Å²) in [5.74, 6) is -1.04. The van der Waals surface area contributed by atoms with Crippen molar-refractivity contribution >= 4 is 40.7 Å². The molecule has 0 saturated heterocycles. The highest BCUT2D eigenvalue weighted by molar-refractivity contribution is 7.99. The molecule has 94 valence electrons. The largest absolute Gasteiger partial charge is 0.398 e. The van der Waals surface area contributed by atoms with E-state index in [9.17, 15) is 8.78 Å². The van der Waals surface area contributed by atoms with Crippen LogP contribution >= 0.6 is 35.0 Å². The third-order valence-corrected chi connectivity index (χ3v) is 3.99. The van der Waals surface area contributed by atoms with Gasteiger partial charge in [-0.05, 0) is 30.3 Å². The molecule has 0 amide bonds. The van der Waals surface area contributed by atoms with Crippen molar-refractivity contribution in [3.63, 3.8) is 0 Å². The number of rotatable bonds is 2. The van der Waals surface area contributed by atoms with Crippen LogP contribution in [0, 0.1) is 11.6 Å². The van der Waals surface area contributed by atoms with Crippen LogP contribution < -0.4 is 5.73 Å². The second-order valence-electron chi connectivity index (χ2n) is 3.48. The first kappa shape index (κ1) is 13.5. The van der Waals surface area contributed by atoms with Gasteiger partial charge in [0.25, 0.3) is 0 Å². The molecule has 0 radical (unpaired) electrons. The van der Waals surface area contributed by atoms with Crippen LogP contribution in [0.1, 0.15) is 0 Å². The summed E-state index contributed by atoms with van der Waals surface area (Å²) < 4.78 is 26.5. The van der Waals surface area contributed by atoms with Crippen molar-refractivity contribution in [2.24, 2.45) is 0 Å². The molecule has 0 aliphatic carbocycles. The maximum Gasteiger partial charge on any atom is 0.137 e. The Morgan fingerprint density at radius 1 is 0.944 bits per heavy atom. The average molecular weight is 306 g/mol. The molecule has 0 spiro atoms. The predicted molar refractivity (Wildman–Crippen MR) is 71.4 cm³/mol. The molecule has 0 aromatic heterocycles. The standard InChI is InChI=1S/C12H7Cl2F2NS/c13-7-4-10(17)12(5-8(7)14)18-11-3-6(15)1-2-9(11)16/h1-5H,17H2. The molecule has 0 saturated carbocycles. The van der Waals surface area contributed by atoms with Crippen LogP contribution in [0.4, 0.5) is 14.5 Å². The smallest absolute Gasteiger partial charge is 0.137 e. The van der Waals surface area contributed by atoms with Crippen molar-refractivity contribution < 1.29 is 8.78 Å². The van der Waals surface area contributed by atoms with E-state index in [-0.39, 0.29) is 4.90 Å². The van der Waals surface area contributed by atoms with Gasteiger partial charge in [-0.25, -0.2) is 8.78 Å². The van der Waals surface area contributed by atoms with Gasteiger partial charge in [-0.15, -0.1) is 0 Å². The first-order valence-corrected chi connectivity index (χ1v) is 6.42. The summed E-state index contributed by atoms with van der Waals surface area (Å²) in [6, 6.07) is 6.21. The quantitative estimate of drug-likeness (QED) is 0.790. The summed E-state index contributed by atoms with van der Waals surface area (Å²) in [5.41, 5.74) is 6.11. The van der Waals surface area contributed by atoms with Crippen LogP contribution in [-0.2, 0) is 0 Å². The Hall–Kier alpha value is -0.970. The zero-order chi connectivity index (χ0) is 13.3. The highest BCUT2D eigenvalue weighted by Gasteiger charge is 2.10. The summed E-state index contributed by atoms with van der Waals surface area (Å²) in [6.07, 6.45) is 0. The molecule has 0 heterocycles. The molecule has 1 nitrogen and oxygen atoms in total. The number of hydrogen-bond donors (Lipinski definition) is 1. The van der Waals surface area contributed by atoms with Gasteiger partial charge in [-0.1, -0.05) is 35.0 Å².